The van der Waals surface area contributed by atoms with Crippen molar-refractivity contribution in [1.29, 1.82) is 0 Å². The minimum Gasteiger partial charge on any atom is -0.357 e. The van der Waals surface area contributed by atoms with E-state index < -0.39 is 10.0 Å². The fourth-order valence-electron chi connectivity index (χ4n) is 5.40. The van der Waals surface area contributed by atoms with Crippen molar-refractivity contribution in [2.24, 2.45) is 4.99 Å². The number of aromatic nitrogens is 2. The third-order valence-corrected chi connectivity index (χ3v) is 7.90. The van der Waals surface area contributed by atoms with Crippen molar-refractivity contribution in [2.45, 2.75) is 50.7 Å². The molecule has 0 unspecified atom stereocenters. The largest absolute Gasteiger partial charge is 0.357 e. The van der Waals surface area contributed by atoms with E-state index in [9.17, 15) is 13.2 Å². The molecule has 3 atom stereocenters. The standard InChI is InChI=1S/C25H32ClN7O3S/c1-3-9-33-24(28-16-31-15-18-12-19(31)14-27-18)13-22(29-33)23-6-4-5-10-32(23)25(34)20-11-17(26)7-8-21(20)30-37(2,35)36/h3,7-9,11,13,16,18-19,23,27,30H,4-6,10,12,14-15H2,1-2H3/b9-3+,28-16?/t18-,19-,23-/m0/s1. The van der Waals surface area contributed by atoms with E-state index in [0.717, 1.165) is 50.7 Å². The summed E-state index contributed by atoms with van der Waals surface area (Å²) in [6, 6.07) is 7.27. The van der Waals surface area contributed by atoms with Crippen molar-refractivity contribution < 1.29 is 13.2 Å². The van der Waals surface area contributed by atoms with Gasteiger partial charge >= 0.3 is 0 Å². The number of piperidine rings is 1. The Labute approximate surface area is 222 Å². The molecule has 2 aromatic rings. The van der Waals surface area contributed by atoms with E-state index in [1.54, 1.807) is 15.6 Å². The Morgan fingerprint density at radius 1 is 1.30 bits per heavy atom. The quantitative estimate of drug-likeness (QED) is 0.407. The average molecular weight is 546 g/mol. The second-order valence-electron chi connectivity index (χ2n) is 9.86. The van der Waals surface area contributed by atoms with Crippen molar-refractivity contribution >= 4 is 51.6 Å². The van der Waals surface area contributed by atoms with Crippen LogP contribution in [-0.2, 0) is 10.0 Å². The molecule has 198 valence electrons. The Morgan fingerprint density at radius 3 is 2.84 bits per heavy atom. The Balaban J connectivity index is 1.44. The maximum atomic E-state index is 13.8. The lowest BCUT2D eigenvalue weighted by Crippen LogP contribution is -2.42. The van der Waals surface area contributed by atoms with Crippen LogP contribution in [0.15, 0.2) is 35.3 Å². The zero-order valence-corrected chi connectivity index (χ0v) is 22.5. The first kappa shape index (κ1) is 25.7. The van der Waals surface area contributed by atoms with Gasteiger partial charge in [-0.1, -0.05) is 17.7 Å². The Hall–Kier alpha value is -2.89. The van der Waals surface area contributed by atoms with Crippen molar-refractivity contribution in [3.63, 3.8) is 0 Å². The molecule has 3 aliphatic rings. The summed E-state index contributed by atoms with van der Waals surface area (Å²) in [4.78, 5) is 22.6. The molecule has 10 nitrogen and oxygen atoms in total. The molecule has 2 N–H and O–H groups in total. The maximum absolute atomic E-state index is 13.8. The number of nitrogens with one attached hydrogen (secondary N) is 2. The van der Waals surface area contributed by atoms with E-state index >= 15 is 0 Å². The molecular weight excluding hydrogens is 514 g/mol. The lowest BCUT2D eigenvalue weighted by molar-refractivity contribution is 0.0607. The molecular formula is C25H32ClN7O3S. The van der Waals surface area contributed by atoms with E-state index in [2.05, 4.69) is 14.9 Å². The number of carbonyl (C=O) groups excluding carboxylic acids is 1. The monoisotopic (exact) mass is 545 g/mol. The van der Waals surface area contributed by atoms with Crippen LogP contribution in [0.4, 0.5) is 11.5 Å². The van der Waals surface area contributed by atoms with Gasteiger partial charge < -0.3 is 15.1 Å². The number of hydrogen-bond acceptors (Lipinski definition) is 6. The summed E-state index contributed by atoms with van der Waals surface area (Å²) < 4.78 is 28.0. The number of rotatable bonds is 7. The highest BCUT2D eigenvalue weighted by Crippen LogP contribution is 2.35. The van der Waals surface area contributed by atoms with Gasteiger partial charge in [0.05, 0.1) is 35.6 Å². The topological polar surface area (TPSA) is 112 Å². The number of benzene rings is 1. The van der Waals surface area contributed by atoms with Gasteiger partial charge in [0.25, 0.3) is 5.91 Å². The summed E-state index contributed by atoms with van der Waals surface area (Å²) in [5.41, 5.74) is 1.18. The predicted molar refractivity (Wildman–Crippen MR) is 146 cm³/mol. The molecule has 3 saturated heterocycles. The van der Waals surface area contributed by atoms with Crippen molar-refractivity contribution in [2.75, 3.05) is 30.6 Å². The molecule has 0 spiro atoms. The number of fused-ring (bicyclic) bond motifs is 2. The molecule has 37 heavy (non-hydrogen) atoms. The van der Waals surface area contributed by atoms with Crippen LogP contribution in [0.25, 0.3) is 6.20 Å². The number of sulfonamides is 1. The van der Waals surface area contributed by atoms with Gasteiger partial charge in [-0.3, -0.25) is 9.52 Å². The van der Waals surface area contributed by atoms with E-state index in [0.29, 0.717) is 29.5 Å². The van der Waals surface area contributed by atoms with Crippen LogP contribution in [0.5, 0.6) is 0 Å². The van der Waals surface area contributed by atoms with E-state index in [4.69, 9.17) is 21.7 Å². The second-order valence-corrected chi connectivity index (χ2v) is 12.0. The van der Waals surface area contributed by atoms with Gasteiger partial charge in [0.15, 0.2) is 5.82 Å². The highest BCUT2D eigenvalue weighted by atomic mass is 35.5. The number of halogens is 1. The van der Waals surface area contributed by atoms with E-state index in [1.165, 1.54) is 12.1 Å². The van der Waals surface area contributed by atoms with Crippen molar-refractivity contribution in [3.05, 3.63) is 46.6 Å². The van der Waals surface area contributed by atoms with Crippen LogP contribution in [0, 0.1) is 0 Å². The number of likely N-dealkylation sites (tertiary alicyclic amines) is 2. The lowest BCUT2D eigenvalue weighted by Gasteiger charge is -2.35. The summed E-state index contributed by atoms with van der Waals surface area (Å²) in [7, 11) is -3.58. The van der Waals surface area contributed by atoms with Crippen LogP contribution >= 0.6 is 11.6 Å². The molecule has 0 aliphatic carbocycles. The minimum atomic E-state index is -3.58. The summed E-state index contributed by atoms with van der Waals surface area (Å²) in [6.45, 7) is 4.39. The van der Waals surface area contributed by atoms with Crippen LogP contribution < -0.4 is 10.0 Å². The van der Waals surface area contributed by atoms with Gasteiger partial charge in [-0.2, -0.15) is 5.10 Å². The predicted octanol–water partition coefficient (Wildman–Crippen LogP) is 3.47. The van der Waals surface area contributed by atoms with Gasteiger partial charge in [-0.05, 0) is 50.8 Å². The Kier molecular flexibility index (Phi) is 7.28. The third kappa shape index (κ3) is 5.68. The first-order chi connectivity index (χ1) is 17.7. The highest BCUT2D eigenvalue weighted by Gasteiger charge is 2.36. The number of carbonyl (C=O) groups is 1. The number of aliphatic imine (C=N–C) groups is 1. The molecule has 3 aliphatic heterocycles. The fourth-order valence-corrected chi connectivity index (χ4v) is 6.15. The van der Waals surface area contributed by atoms with Gasteiger partial charge in [0.2, 0.25) is 10.0 Å². The zero-order chi connectivity index (χ0) is 26.2. The number of amides is 1. The van der Waals surface area contributed by atoms with Crippen molar-refractivity contribution in [1.82, 2.24) is 24.9 Å². The van der Waals surface area contributed by atoms with Gasteiger partial charge in [0.1, 0.15) is 0 Å². The number of hydrogen-bond donors (Lipinski definition) is 2. The van der Waals surface area contributed by atoms with Gasteiger partial charge in [-0.15, -0.1) is 0 Å². The summed E-state index contributed by atoms with van der Waals surface area (Å²) in [5.74, 6) is 0.411. The Morgan fingerprint density at radius 2 is 2.14 bits per heavy atom. The van der Waals surface area contributed by atoms with Crippen LogP contribution in [0.1, 0.15) is 54.7 Å². The van der Waals surface area contributed by atoms with E-state index in [1.807, 2.05) is 31.6 Å². The maximum Gasteiger partial charge on any atom is 0.256 e. The molecule has 0 radical (unpaired) electrons. The zero-order valence-electron chi connectivity index (χ0n) is 21.0. The first-order valence-corrected chi connectivity index (χ1v) is 14.8. The van der Waals surface area contributed by atoms with E-state index in [-0.39, 0.29) is 23.2 Å². The number of piperazine rings is 1. The number of anilines is 1. The van der Waals surface area contributed by atoms with Crippen LogP contribution in [0.3, 0.4) is 0 Å². The number of allylic oxidation sites excluding steroid dienone is 1. The second kappa shape index (κ2) is 10.5. The van der Waals surface area contributed by atoms with Crippen LogP contribution in [0.2, 0.25) is 5.02 Å². The smallest absolute Gasteiger partial charge is 0.256 e. The summed E-state index contributed by atoms with van der Waals surface area (Å²) >= 11 is 6.20. The SMILES string of the molecule is C/C=C/n1nc([C@@H]2CCCCN2C(=O)c2cc(Cl)ccc2NS(C)(=O)=O)cc1N=CN1C[C@@H]2C[C@H]1CN2. The molecule has 1 aromatic carbocycles. The third-order valence-electron chi connectivity index (χ3n) is 7.07. The molecule has 1 aromatic heterocycles. The molecule has 3 fully saturated rings. The van der Waals surface area contributed by atoms with Gasteiger partial charge in [0, 0.05) is 49.0 Å². The van der Waals surface area contributed by atoms with Crippen molar-refractivity contribution in [3.8, 4) is 0 Å². The van der Waals surface area contributed by atoms with Gasteiger partial charge in [-0.25, -0.2) is 18.1 Å². The number of nitrogens with zero attached hydrogens (tertiary/aromatic N) is 5. The molecule has 1 amide bonds. The highest BCUT2D eigenvalue weighted by molar-refractivity contribution is 7.92. The lowest BCUT2D eigenvalue weighted by atomic mass is 9.98. The first-order valence-electron chi connectivity index (χ1n) is 12.6. The fraction of sp³-hybridized carbons (Fsp3) is 0.480. The summed E-state index contributed by atoms with van der Waals surface area (Å²) in [5, 5.41) is 8.65. The molecule has 12 heteroatoms. The summed E-state index contributed by atoms with van der Waals surface area (Å²) in [6.07, 6.45) is 10.4. The minimum absolute atomic E-state index is 0.209. The molecule has 5 rings (SSSR count). The molecule has 2 bridgehead atoms. The molecule has 0 saturated carbocycles. The van der Waals surface area contributed by atoms with Crippen LogP contribution in [-0.4, -0.2) is 78.2 Å². The molecule has 4 heterocycles. The normalized spacial score (nSPS) is 24.0. The average Bonchev–Trinajstić information content (AvgIpc) is 3.59. The Bertz CT molecular complexity index is 1340.